The van der Waals surface area contributed by atoms with Crippen LogP contribution in [0.4, 0.5) is 5.69 Å². The molecule has 0 saturated carbocycles. The van der Waals surface area contributed by atoms with E-state index in [2.05, 4.69) is 62.4 Å². The molecular weight excluding hydrogens is 242 g/mol. The van der Waals surface area contributed by atoms with E-state index in [1.165, 1.54) is 16.3 Å². The van der Waals surface area contributed by atoms with E-state index in [0.29, 0.717) is 0 Å². The minimum Gasteiger partial charge on any atom is -0.252 e. The predicted molar refractivity (Wildman–Crippen MR) is 88.0 cm³/mol. The van der Waals surface area contributed by atoms with Gasteiger partial charge in [0.15, 0.2) is 0 Å². The highest BCUT2D eigenvalue weighted by Crippen LogP contribution is 2.44. The molecule has 0 aromatic heterocycles. The van der Waals surface area contributed by atoms with E-state index in [1.807, 2.05) is 19.1 Å². The Balaban J connectivity index is 2.17. The summed E-state index contributed by atoms with van der Waals surface area (Å²) in [5.41, 5.74) is 3.53. The molecule has 0 atom stereocenters. The van der Waals surface area contributed by atoms with Crippen molar-refractivity contribution in [3.05, 3.63) is 66.3 Å². The van der Waals surface area contributed by atoms with Gasteiger partial charge in [-0.05, 0) is 35.4 Å². The van der Waals surface area contributed by atoms with E-state index in [4.69, 9.17) is 4.99 Å². The second kappa shape index (κ2) is 4.75. The van der Waals surface area contributed by atoms with Crippen molar-refractivity contribution in [2.45, 2.75) is 26.2 Å². The van der Waals surface area contributed by atoms with Gasteiger partial charge in [-0.25, -0.2) is 0 Å². The molecule has 0 bridgehead atoms. The van der Waals surface area contributed by atoms with Crippen LogP contribution in [0.5, 0.6) is 0 Å². The molecule has 0 amide bonds. The van der Waals surface area contributed by atoms with Crippen LogP contribution in [-0.4, -0.2) is 5.71 Å². The maximum absolute atomic E-state index is 4.82. The summed E-state index contributed by atoms with van der Waals surface area (Å²) in [5, 5.41) is 2.60. The first-order chi connectivity index (χ1) is 9.64. The predicted octanol–water partition coefficient (Wildman–Crippen LogP) is 5.34. The lowest BCUT2D eigenvalue weighted by Crippen LogP contribution is -2.24. The standard InChI is InChI=1S/C19H19N/c1-4-5-6-11-17-19(2,3)18-15-10-8-7-9-14(15)12-13-16(18)20-17/h4-13H,1-3H3. The van der Waals surface area contributed by atoms with E-state index in [9.17, 15) is 0 Å². The quantitative estimate of drug-likeness (QED) is 0.647. The van der Waals surface area contributed by atoms with E-state index >= 15 is 0 Å². The molecule has 1 aliphatic rings. The van der Waals surface area contributed by atoms with E-state index in [-0.39, 0.29) is 5.41 Å². The zero-order valence-corrected chi connectivity index (χ0v) is 12.2. The van der Waals surface area contributed by atoms with Gasteiger partial charge in [0.2, 0.25) is 0 Å². The molecule has 1 heteroatoms. The molecule has 0 unspecified atom stereocenters. The lowest BCUT2D eigenvalue weighted by atomic mass is 9.79. The molecular formula is C19H19N. The molecule has 0 spiro atoms. The molecule has 3 rings (SSSR count). The van der Waals surface area contributed by atoms with Crippen LogP contribution in [0.25, 0.3) is 10.8 Å². The average molecular weight is 261 g/mol. The largest absolute Gasteiger partial charge is 0.252 e. The first-order valence-electron chi connectivity index (χ1n) is 7.05. The van der Waals surface area contributed by atoms with Gasteiger partial charge >= 0.3 is 0 Å². The lowest BCUT2D eigenvalue weighted by Gasteiger charge is -2.22. The minimum absolute atomic E-state index is 0.0473. The normalized spacial score (nSPS) is 17.1. The summed E-state index contributed by atoms with van der Waals surface area (Å²) in [7, 11) is 0. The molecule has 1 aliphatic heterocycles. The number of hydrogen-bond donors (Lipinski definition) is 0. The summed E-state index contributed by atoms with van der Waals surface area (Å²) >= 11 is 0. The van der Waals surface area contributed by atoms with Crippen molar-refractivity contribution in [2.24, 2.45) is 4.99 Å². The van der Waals surface area contributed by atoms with Crippen LogP contribution in [0.15, 0.2) is 65.7 Å². The van der Waals surface area contributed by atoms with Crippen molar-refractivity contribution < 1.29 is 0 Å². The number of fused-ring (bicyclic) bond motifs is 3. The molecule has 0 saturated heterocycles. The Bertz CT molecular complexity index is 745. The molecule has 0 fully saturated rings. The van der Waals surface area contributed by atoms with Gasteiger partial charge in [-0.15, -0.1) is 0 Å². The van der Waals surface area contributed by atoms with Crippen LogP contribution in [0.2, 0.25) is 0 Å². The molecule has 0 aliphatic carbocycles. The Morgan fingerprint density at radius 2 is 1.80 bits per heavy atom. The highest BCUT2D eigenvalue weighted by atomic mass is 14.8. The summed E-state index contributed by atoms with van der Waals surface area (Å²) in [4.78, 5) is 4.82. The topological polar surface area (TPSA) is 12.4 Å². The molecule has 0 N–H and O–H groups in total. The summed E-state index contributed by atoms with van der Waals surface area (Å²) in [5.74, 6) is 0. The summed E-state index contributed by atoms with van der Waals surface area (Å²) in [6, 6.07) is 12.8. The molecule has 1 nitrogen and oxygen atoms in total. The van der Waals surface area contributed by atoms with Gasteiger partial charge in [0.05, 0.1) is 11.4 Å². The number of hydrogen-bond acceptors (Lipinski definition) is 1. The minimum atomic E-state index is -0.0473. The van der Waals surface area contributed by atoms with Crippen molar-refractivity contribution in [3.63, 3.8) is 0 Å². The summed E-state index contributed by atoms with van der Waals surface area (Å²) in [6.45, 7) is 6.53. The van der Waals surface area contributed by atoms with Crippen molar-refractivity contribution in [2.75, 3.05) is 0 Å². The second-order valence-electron chi connectivity index (χ2n) is 5.69. The van der Waals surface area contributed by atoms with E-state index < -0.39 is 0 Å². The molecule has 2 aromatic carbocycles. The van der Waals surface area contributed by atoms with Gasteiger partial charge in [0.25, 0.3) is 0 Å². The number of aliphatic imine (C=N–C) groups is 1. The fourth-order valence-corrected chi connectivity index (χ4v) is 2.91. The fourth-order valence-electron chi connectivity index (χ4n) is 2.91. The Morgan fingerprint density at radius 3 is 2.60 bits per heavy atom. The lowest BCUT2D eigenvalue weighted by molar-refractivity contribution is 0.747. The SMILES string of the molecule is CC=CC=CC1=Nc2ccc3ccccc3c2C1(C)C. The number of allylic oxidation sites excluding steroid dienone is 4. The van der Waals surface area contributed by atoms with Crippen LogP contribution in [0.3, 0.4) is 0 Å². The molecule has 2 aromatic rings. The zero-order chi connectivity index (χ0) is 14.2. The first-order valence-corrected chi connectivity index (χ1v) is 7.05. The average Bonchev–Trinajstić information content (AvgIpc) is 2.71. The van der Waals surface area contributed by atoms with Crippen molar-refractivity contribution in [1.29, 1.82) is 0 Å². The van der Waals surface area contributed by atoms with Gasteiger partial charge in [-0.3, -0.25) is 4.99 Å². The maximum atomic E-state index is 4.82. The van der Waals surface area contributed by atoms with Crippen molar-refractivity contribution in [3.8, 4) is 0 Å². The van der Waals surface area contributed by atoms with Crippen LogP contribution in [-0.2, 0) is 5.41 Å². The Morgan fingerprint density at radius 1 is 1.00 bits per heavy atom. The molecule has 20 heavy (non-hydrogen) atoms. The van der Waals surface area contributed by atoms with Gasteiger partial charge in [0.1, 0.15) is 0 Å². The number of nitrogens with zero attached hydrogens (tertiary/aromatic N) is 1. The molecule has 1 heterocycles. The third-order valence-electron chi connectivity index (χ3n) is 3.97. The molecule has 0 radical (unpaired) electrons. The van der Waals surface area contributed by atoms with Gasteiger partial charge in [0, 0.05) is 5.41 Å². The first kappa shape index (κ1) is 12.9. The zero-order valence-electron chi connectivity index (χ0n) is 12.2. The smallest absolute Gasteiger partial charge is 0.0681 e. The van der Waals surface area contributed by atoms with E-state index in [1.54, 1.807) is 0 Å². The van der Waals surface area contributed by atoms with E-state index in [0.717, 1.165) is 11.4 Å². The van der Waals surface area contributed by atoms with Gasteiger partial charge < -0.3 is 0 Å². The second-order valence-corrected chi connectivity index (χ2v) is 5.69. The molecule has 100 valence electrons. The monoisotopic (exact) mass is 261 g/mol. The maximum Gasteiger partial charge on any atom is 0.0681 e. The number of benzene rings is 2. The summed E-state index contributed by atoms with van der Waals surface area (Å²) in [6.07, 6.45) is 8.25. The summed E-state index contributed by atoms with van der Waals surface area (Å²) < 4.78 is 0. The van der Waals surface area contributed by atoms with Crippen molar-refractivity contribution >= 4 is 22.2 Å². The third-order valence-corrected chi connectivity index (χ3v) is 3.97. The van der Waals surface area contributed by atoms with Crippen LogP contribution >= 0.6 is 0 Å². The number of rotatable bonds is 2. The van der Waals surface area contributed by atoms with Crippen LogP contribution in [0.1, 0.15) is 26.3 Å². The third kappa shape index (κ3) is 1.90. The Labute approximate surface area is 120 Å². The van der Waals surface area contributed by atoms with Gasteiger partial charge in [-0.2, -0.15) is 0 Å². The van der Waals surface area contributed by atoms with Crippen LogP contribution in [0, 0.1) is 0 Å². The highest BCUT2D eigenvalue weighted by Gasteiger charge is 2.34. The van der Waals surface area contributed by atoms with Gasteiger partial charge in [-0.1, -0.05) is 62.4 Å². The Hall–Kier alpha value is -2.15. The van der Waals surface area contributed by atoms with Crippen molar-refractivity contribution in [1.82, 2.24) is 0 Å². The Kier molecular flexibility index (Phi) is 3.06. The highest BCUT2D eigenvalue weighted by molar-refractivity contribution is 6.12. The fraction of sp³-hybridized carbons (Fsp3) is 0.211. The van der Waals surface area contributed by atoms with Crippen LogP contribution < -0.4 is 0 Å².